The van der Waals surface area contributed by atoms with Gasteiger partial charge in [-0.05, 0) is 20.8 Å². The third kappa shape index (κ3) is 5.35. The Morgan fingerprint density at radius 2 is 1.88 bits per heavy atom. The molecule has 0 fully saturated rings. The first-order valence-electron chi connectivity index (χ1n) is 4.69. The second kappa shape index (κ2) is 5.50. The predicted molar refractivity (Wildman–Crippen MR) is 58.5 cm³/mol. The minimum atomic E-state index is -1.10. The Kier molecular flexibility index (Phi) is 4.97. The van der Waals surface area contributed by atoms with Crippen molar-refractivity contribution in [1.29, 1.82) is 0 Å². The molecule has 0 aliphatic rings. The molecule has 0 saturated heterocycles. The Bertz CT molecular complexity index is 294. The van der Waals surface area contributed by atoms with Gasteiger partial charge in [0.15, 0.2) is 0 Å². The maximum Gasteiger partial charge on any atom is 0.411 e. The molecule has 0 saturated carbocycles. The summed E-state index contributed by atoms with van der Waals surface area (Å²) in [6.45, 7) is 8.61. The fourth-order valence-electron chi connectivity index (χ4n) is 0.782. The molecule has 0 aromatic rings. The van der Waals surface area contributed by atoms with Gasteiger partial charge in [-0.25, -0.2) is 9.59 Å². The zero-order valence-corrected chi connectivity index (χ0v) is 9.99. The first kappa shape index (κ1) is 14.4. The van der Waals surface area contributed by atoms with E-state index in [9.17, 15) is 9.59 Å². The van der Waals surface area contributed by atoms with Gasteiger partial charge in [0.1, 0.15) is 11.6 Å². The van der Waals surface area contributed by atoms with Gasteiger partial charge in [0.25, 0.3) is 0 Å². The van der Waals surface area contributed by atoms with Crippen molar-refractivity contribution in [2.75, 3.05) is 7.11 Å². The van der Waals surface area contributed by atoms with Crippen LogP contribution in [0.25, 0.3) is 0 Å². The molecule has 0 aromatic heterocycles. The van der Waals surface area contributed by atoms with Crippen LogP contribution < -0.4 is 11.1 Å². The van der Waals surface area contributed by atoms with Crippen LogP contribution in [-0.4, -0.2) is 30.8 Å². The van der Waals surface area contributed by atoms with E-state index in [1.54, 1.807) is 20.8 Å². The van der Waals surface area contributed by atoms with Gasteiger partial charge in [-0.1, -0.05) is 6.58 Å². The van der Waals surface area contributed by atoms with Crippen LogP contribution in [0.2, 0.25) is 0 Å². The summed E-state index contributed by atoms with van der Waals surface area (Å²) < 4.78 is 9.35. The van der Waals surface area contributed by atoms with E-state index >= 15 is 0 Å². The highest BCUT2D eigenvalue weighted by Crippen LogP contribution is 2.07. The first-order valence-corrected chi connectivity index (χ1v) is 4.69. The standard InChI is InChI=1S/C10H18N2O4/c1-6(7(11)8(13)15-5)12-9(14)16-10(2,3)4/h7H,1,11H2,2-5H3,(H,12,14)/t7-/m0/s1. The Labute approximate surface area is 94.8 Å². The second-order valence-corrected chi connectivity index (χ2v) is 4.15. The average molecular weight is 230 g/mol. The number of esters is 1. The van der Waals surface area contributed by atoms with Crippen LogP contribution in [0.5, 0.6) is 0 Å². The largest absolute Gasteiger partial charge is 0.468 e. The number of ether oxygens (including phenoxy) is 2. The number of hydrogen-bond acceptors (Lipinski definition) is 5. The van der Waals surface area contributed by atoms with Gasteiger partial charge >= 0.3 is 12.1 Å². The highest BCUT2D eigenvalue weighted by Gasteiger charge is 2.22. The fourth-order valence-corrected chi connectivity index (χ4v) is 0.782. The lowest BCUT2D eigenvalue weighted by Crippen LogP contribution is -2.42. The molecular weight excluding hydrogens is 212 g/mol. The Morgan fingerprint density at radius 3 is 2.25 bits per heavy atom. The van der Waals surface area contributed by atoms with Crippen molar-refractivity contribution >= 4 is 12.1 Å². The number of carbonyl (C=O) groups excluding carboxylic acids is 2. The lowest BCUT2D eigenvalue weighted by molar-refractivity contribution is -0.141. The SMILES string of the molecule is C=C(NC(=O)OC(C)(C)C)[C@H](N)C(=O)OC. The van der Waals surface area contributed by atoms with E-state index in [0.29, 0.717) is 0 Å². The van der Waals surface area contributed by atoms with Crippen molar-refractivity contribution in [2.45, 2.75) is 32.4 Å². The number of carbonyl (C=O) groups is 2. The topological polar surface area (TPSA) is 90.6 Å². The van der Waals surface area contributed by atoms with Crippen LogP contribution in [0, 0.1) is 0 Å². The van der Waals surface area contributed by atoms with E-state index in [1.807, 2.05) is 0 Å². The fraction of sp³-hybridized carbons (Fsp3) is 0.600. The number of amides is 1. The molecule has 0 spiro atoms. The summed E-state index contributed by atoms with van der Waals surface area (Å²) in [5.74, 6) is -0.680. The summed E-state index contributed by atoms with van der Waals surface area (Å²) in [7, 11) is 1.20. The molecule has 0 heterocycles. The number of alkyl carbamates (subject to hydrolysis) is 1. The zero-order chi connectivity index (χ0) is 12.9. The Morgan fingerprint density at radius 1 is 1.38 bits per heavy atom. The van der Waals surface area contributed by atoms with Crippen LogP contribution in [0.3, 0.4) is 0 Å². The van der Waals surface area contributed by atoms with Crippen LogP contribution in [-0.2, 0) is 14.3 Å². The number of nitrogens with one attached hydrogen (secondary N) is 1. The van der Waals surface area contributed by atoms with Gasteiger partial charge in [0, 0.05) is 5.70 Å². The van der Waals surface area contributed by atoms with Gasteiger partial charge in [-0.2, -0.15) is 0 Å². The van der Waals surface area contributed by atoms with E-state index in [0.717, 1.165) is 0 Å². The van der Waals surface area contributed by atoms with Crippen molar-refractivity contribution in [3.05, 3.63) is 12.3 Å². The molecule has 0 unspecified atom stereocenters. The minimum Gasteiger partial charge on any atom is -0.468 e. The Hall–Kier alpha value is -1.56. The zero-order valence-electron chi connectivity index (χ0n) is 9.99. The molecule has 0 radical (unpaired) electrons. The second-order valence-electron chi connectivity index (χ2n) is 4.15. The molecule has 92 valence electrons. The van der Waals surface area contributed by atoms with Gasteiger partial charge in [-0.3, -0.25) is 5.32 Å². The van der Waals surface area contributed by atoms with Crippen molar-refractivity contribution in [1.82, 2.24) is 5.32 Å². The molecule has 6 heteroatoms. The maximum atomic E-state index is 11.3. The predicted octanol–water partition coefficient (Wildman–Crippen LogP) is 0.525. The van der Waals surface area contributed by atoms with E-state index in [4.69, 9.17) is 10.5 Å². The monoisotopic (exact) mass is 230 g/mol. The van der Waals surface area contributed by atoms with Gasteiger partial charge in [0.05, 0.1) is 7.11 Å². The van der Waals surface area contributed by atoms with Gasteiger partial charge < -0.3 is 15.2 Å². The first-order chi connectivity index (χ1) is 7.17. The average Bonchev–Trinajstić information content (AvgIpc) is 2.12. The number of hydrogen-bond donors (Lipinski definition) is 2. The summed E-state index contributed by atoms with van der Waals surface area (Å²) in [6, 6.07) is -1.10. The molecule has 1 amide bonds. The molecule has 0 bridgehead atoms. The number of nitrogens with two attached hydrogens (primary N) is 1. The summed E-state index contributed by atoms with van der Waals surface area (Å²) >= 11 is 0. The van der Waals surface area contributed by atoms with Crippen LogP contribution in [0.15, 0.2) is 12.3 Å². The lowest BCUT2D eigenvalue weighted by atomic mass is 10.2. The van der Waals surface area contributed by atoms with Crippen LogP contribution in [0.4, 0.5) is 4.79 Å². The third-order valence-electron chi connectivity index (χ3n) is 1.49. The minimum absolute atomic E-state index is 0.0288. The van der Waals surface area contributed by atoms with Crippen molar-refractivity contribution in [2.24, 2.45) is 5.73 Å². The molecule has 3 N–H and O–H groups in total. The highest BCUT2D eigenvalue weighted by molar-refractivity contribution is 5.81. The van der Waals surface area contributed by atoms with E-state index in [1.165, 1.54) is 7.11 Å². The molecule has 0 aromatic carbocycles. The molecular formula is C10H18N2O4. The van der Waals surface area contributed by atoms with E-state index < -0.39 is 23.7 Å². The van der Waals surface area contributed by atoms with Crippen molar-refractivity contribution in [3.63, 3.8) is 0 Å². The molecule has 0 rings (SSSR count). The summed E-state index contributed by atoms with van der Waals surface area (Å²) in [5, 5.41) is 2.27. The van der Waals surface area contributed by atoms with E-state index in [-0.39, 0.29) is 5.70 Å². The van der Waals surface area contributed by atoms with Crippen molar-refractivity contribution in [3.8, 4) is 0 Å². The lowest BCUT2D eigenvalue weighted by Gasteiger charge is -2.21. The maximum absolute atomic E-state index is 11.3. The summed E-state index contributed by atoms with van der Waals surface area (Å²) in [4.78, 5) is 22.3. The van der Waals surface area contributed by atoms with Crippen LogP contribution >= 0.6 is 0 Å². The third-order valence-corrected chi connectivity index (χ3v) is 1.49. The van der Waals surface area contributed by atoms with Crippen LogP contribution in [0.1, 0.15) is 20.8 Å². The molecule has 1 atom stereocenters. The molecule has 0 aliphatic heterocycles. The van der Waals surface area contributed by atoms with Gasteiger partial charge in [-0.15, -0.1) is 0 Å². The number of rotatable bonds is 3. The quantitative estimate of drug-likeness (QED) is 0.690. The van der Waals surface area contributed by atoms with Crippen molar-refractivity contribution < 1.29 is 19.1 Å². The summed E-state index contributed by atoms with van der Waals surface area (Å²) in [5.41, 5.74) is 4.84. The number of methoxy groups -OCH3 is 1. The molecule has 16 heavy (non-hydrogen) atoms. The Balaban J connectivity index is 4.25. The van der Waals surface area contributed by atoms with Gasteiger partial charge in [0.2, 0.25) is 0 Å². The smallest absolute Gasteiger partial charge is 0.411 e. The normalized spacial score (nSPS) is 12.6. The highest BCUT2D eigenvalue weighted by atomic mass is 16.6. The molecule has 0 aliphatic carbocycles. The van der Waals surface area contributed by atoms with E-state index in [2.05, 4.69) is 16.6 Å². The summed E-state index contributed by atoms with van der Waals surface area (Å²) in [6.07, 6.45) is -0.711. The molecule has 6 nitrogen and oxygen atoms in total.